The van der Waals surface area contributed by atoms with Gasteiger partial charge >= 0.3 is 0 Å². The van der Waals surface area contributed by atoms with E-state index in [1.54, 1.807) is 6.20 Å². The highest BCUT2D eigenvalue weighted by molar-refractivity contribution is 5.60. The zero-order valence-electron chi connectivity index (χ0n) is 10.3. The predicted molar refractivity (Wildman–Crippen MR) is 73.1 cm³/mol. The molecule has 4 nitrogen and oxygen atoms in total. The molecule has 1 saturated heterocycles. The molecule has 0 spiro atoms. The van der Waals surface area contributed by atoms with E-state index in [0.717, 1.165) is 24.5 Å². The Hall–Kier alpha value is -1.81. The smallest absolute Gasteiger partial charge is 0.0876 e. The second-order valence-corrected chi connectivity index (χ2v) is 4.64. The maximum Gasteiger partial charge on any atom is 0.0876 e. The van der Waals surface area contributed by atoms with Crippen molar-refractivity contribution in [1.82, 2.24) is 15.1 Å². The number of nitrogens with zero attached hydrogens (tertiary/aromatic N) is 2. The second-order valence-electron chi connectivity index (χ2n) is 4.64. The van der Waals surface area contributed by atoms with Gasteiger partial charge in [0.15, 0.2) is 0 Å². The molecule has 2 N–H and O–H groups in total. The van der Waals surface area contributed by atoms with Crippen LogP contribution in [0.3, 0.4) is 0 Å². The molecule has 0 amide bonds. The predicted octanol–water partition coefficient (Wildman–Crippen LogP) is 2.04. The van der Waals surface area contributed by atoms with Gasteiger partial charge in [0.1, 0.15) is 0 Å². The molecule has 94 valence electrons. The lowest BCUT2D eigenvalue weighted by atomic mass is 10.2. The van der Waals surface area contributed by atoms with Crippen LogP contribution in [0.5, 0.6) is 0 Å². The van der Waals surface area contributed by atoms with Crippen molar-refractivity contribution in [1.29, 1.82) is 0 Å². The van der Waals surface area contributed by atoms with Crippen LogP contribution in [-0.4, -0.2) is 28.9 Å². The van der Waals surface area contributed by atoms with Crippen molar-refractivity contribution >= 4 is 5.69 Å². The number of aromatic nitrogens is 2. The molecular formula is C14H18N4. The summed E-state index contributed by atoms with van der Waals surface area (Å²) in [6, 6.07) is 10.8. The molecule has 2 heterocycles. The number of anilines is 1. The molecule has 4 heteroatoms. The summed E-state index contributed by atoms with van der Waals surface area (Å²) in [5.74, 6) is 0. The zero-order chi connectivity index (χ0) is 12.2. The highest BCUT2D eigenvalue weighted by Crippen LogP contribution is 2.19. The first-order valence-corrected chi connectivity index (χ1v) is 6.50. The molecule has 0 saturated carbocycles. The Kier molecular flexibility index (Phi) is 3.28. The number of nitrogens with one attached hydrogen (secondary N) is 2. The molecule has 1 unspecified atom stereocenters. The summed E-state index contributed by atoms with van der Waals surface area (Å²) in [5, 5.41) is 11.3. The maximum atomic E-state index is 4.29. The summed E-state index contributed by atoms with van der Waals surface area (Å²) in [6.07, 6.45) is 6.31. The third kappa shape index (κ3) is 2.38. The van der Waals surface area contributed by atoms with Gasteiger partial charge in [0.05, 0.1) is 11.4 Å². The van der Waals surface area contributed by atoms with Gasteiger partial charge in [-0.3, -0.25) is 0 Å². The molecule has 3 rings (SSSR count). The average Bonchev–Trinajstić information content (AvgIpc) is 3.10. The van der Waals surface area contributed by atoms with Crippen molar-refractivity contribution in [3.8, 4) is 5.69 Å². The van der Waals surface area contributed by atoms with Crippen LogP contribution in [0.2, 0.25) is 0 Å². The fraction of sp³-hybridized carbons (Fsp3) is 0.357. The molecule has 1 aromatic heterocycles. The van der Waals surface area contributed by atoms with E-state index in [1.807, 2.05) is 23.0 Å². The fourth-order valence-corrected chi connectivity index (χ4v) is 2.40. The number of rotatable bonds is 4. The van der Waals surface area contributed by atoms with E-state index < -0.39 is 0 Å². The number of hydrogen-bond acceptors (Lipinski definition) is 3. The minimum absolute atomic E-state index is 0.593. The zero-order valence-corrected chi connectivity index (χ0v) is 10.3. The molecule has 0 aliphatic carbocycles. The van der Waals surface area contributed by atoms with E-state index in [4.69, 9.17) is 0 Å². The van der Waals surface area contributed by atoms with Gasteiger partial charge in [0, 0.05) is 25.0 Å². The molecule has 1 fully saturated rings. The first-order chi connectivity index (χ1) is 8.93. The third-order valence-corrected chi connectivity index (χ3v) is 3.36. The lowest BCUT2D eigenvalue weighted by Gasteiger charge is -2.15. The van der Waals surface area contributed by atoms with Crippen LogP contribution in [-0.2, 0) is 0 Å². The van der Waals surface area contributed by atoms with Gasteiger partial charge in [-0.1, -0.05) is 12.1 Å². The van der Waals surface area contributed by atoms with E-state index in [9.17, 15) is 0 Å². The summed E-state index contributed by atoms with van der Waals surface area (Å²) in [7, 11) is 0. The summed E-state index contributed by atoms with van der Waals surface area (Å²) in [4.78, 5) is 0. The van der Waals surface area contributed by atoms with Crippen molar-refractivity contribution in [3.05, 3.63) is 42.7 Å². The third-order valence-electron chi connectivity index (χ3n) is 3.36. The molecule has 0 radical (unpaired) electrons. The maximum absolute atomic E-state index is 4.29. The number of benzene rings is 1. The molecule has 18 heavy (non-hydrogen) atoms. The average molecular weight is 242 g/mol. The Morgan fingerprint density at radius 1 is 1.33 bits per heavy atom. The Morgan fingerprint density at radius 2 is 2.28 bits per heavy atom. The Morgan fingerprint density at radius 3 is 3.06 bits per heavy atom. The Labute approximate surface area is 107 Å². The van der Waals surface area contributed by atoms with Crippen molar-refractivity contribution in [2.75, 3.05) is 18.4 Å². The number of para-hydroxylation sites is 2. The lowest BCUT2D eigenvalue weighted by molar-refractivity contribution is 0.633. The van der Waals surface area contributed by atoms with Gasteiger partial charge < -0.3 is 10.6 Å². The van der Waals surface area contributed by atoms with Crippen LogP contribution >= 0.6 is 0 Å². The fourth-order valence-electron chi connectivity index (χ4n) is 2.40. The number of hydrogen-bond donors (Lipinski definition) is 2. The van der Waals surface area contributed by atoms with Crippen LogP contribution in [0.25, 0.3) is 5.69 Å². The molecule has 2 aromatic rings. The van der Waals surface area contributed by atoms with Gasteiger partial charge in [-0.2, -0.15) is 5.10 Å². The van der Waals surface area contributed by atoms with Gasteiger partial charge in [0.25, 0.3) is 0 Å². The first-order valence-electron chi connectivity index (χ1n) is 6.50. The van der Waals surface area contributed by atoms with Gasteiger partial charge in [-0.15, -0.1) is 0 Å². The van der Waals surface area contributed by atoms with E-state index in [-0.39, 0.29) is 0 Å². The highest BCUT2D eigenvalue weighted by atomic mass is 15.3. The van der Waals surface area contributed by atoms with Gasteiger partial charge in [-0.25, -0.2) is 4.68 Å². The van der Waals surface area contributed by atoms with Crippen LogP contribution in [0, 0.1) is 0 Å². The minimum atomic E-state index is 0.593. The van der Waals surface area contributed by atoms with E-state index in [2.05, 4.69) is 33.9 Å². The second kappa shape index (κ2) is 5.23. The van der Waals surface area contributed by atoms with E-state index in [0.29, 0.717) is 6.04 Å². The highest BCUT2D eigenvalue weighted by Gasteiger charge is 2.14. The molecule has 1 aliphatic rings. The van der Waals surface area contributed by atoms with Gasteiger partial charge in [0.2, 0.25) is 0 Å². The Bertz CT molecular complexity index is 486. The van der Waals surface area contributed by atoms with E-state index in [1.165, 1.54) is 12.8 Å². The van der Waals surface area contributed by atoms with Crippen molar-refractivity contribution in [3.63, 3.8) is 0 Å². The molecule has 1 aliphatic heterocycles. The molecule has 0 bridgehead atoms. The minimum Gasteiger partial charge on any atom is -0.382 e. The lowest BCUT2D eigenvalue weighted by Crippen LogP contribution is -2.29. The topological polar surface area (TPSA) is 41.9 Å². The largest absolute Gasteiger partial charge is 0.382 e. The normalized spacial score (nSPS) is 19.0. The van der Waals surface area contributed by atoms with Crippen molar-refractivity contribution < 1.29 is 0 Å². The first kappa shape index (κ1) is 11.3. The van der Waals surface area contributed by atoms with Crippen molar-refractivity contribution in [2.45, 2.75) is 18.9 Å². The summed E-state index contributed by atoms with van der Waals surface area (Å²) >= 11 is 0. The Balaban J connectivity index is 1.75. The molecular weight excluding hydrogens is 224 g/mol. The van der Waals surface area contributed by atoms with Crippen LogP contribution < -0.4 is 10.6 Å². The van der Waals surface area contributed by atoms with Crippen LogP contribution in [0.1, 0.15) is 12.8 Å². The SMILES string of the molecule is c1ccc(-n2cccn2)c(NCC2CCCN2)c1. The molecule has 1 atom stereocenters. The van der Waals surface area contributed by atoms with Gasteiger partial charge in [-0.05, 0) is 37.6 Å². The summed E-state index contributed by atoms with van der Waals surface area (Å²) in [6.45, 7) is 2.12. The van der Waals surface area contributed by atoms with Crippen LogP contribution in [0.4, 0.5) is 5.69 Å². The standard InChI is InChI=1S/C14H18N4/c1-2-7-14(18-10-4-9-17-18)13(6-1)16-11-12-5-3-8-15-12/h1-2,4,6-7,9-10,12,15-16H,3,5,8,11H2. The van der Waals surface area contributed by atoms with Crippen LogP contribution in [0.15, 0.2) is 42.7 Å². The summed E-state index contributed by atoms with van der Waals surface area (Å²) in [5.41, 5.74) is 2.23. The van der Waals surface area contributed by atoms with E-state index >= 15 is 0 Å². The monoisotopic (exact) mass is 242 g/mol. The van der Waals surface area contributed by atoms with Crippen molar-refractivity contribution in [2.24, 2.45) is 0 Å². The summed E-state index contributed by atoms with van der Waals surface area (Å²) < 4.78 is 1.89. The molecule has 1 aromatic carbocycles. The quantitative estimate of drug-likeness (QED) is 0.862.